The quantitative estimate of drug-likeness (QED) is 0.358. The summed E-state index contributed by atoms with van der Waals surface area (Å²) in [6.07, 6.45) is 0. The minimum atomic E-state index is -0.869. The Hall–Kier alpha value is -3.97. The van der Waals surface area contributed by atoms with Crippen LogP contribution in [-0.4, -0.2) is 30.0 Å². The van der Waals surface area contributed by atoms with Crippen molar-refractivity contribution in [2.45, 2.75) is 6.54 Å². The maximum Gasteiger partial charge on any atom is 0.340 e. The smallest absolute Gasteiger partial charge is 0.340 e. The number of anilines is 1. The van der Waals surface area contributed by atoms with Gasteiger partial charge in [0.25, 0.3) is 5.91 Å². The van der Waals surface area contributed by atoms with Gasteiger partial charge in [0.15, 0.2) is 18.2 Å². The monoisotopic (exact) mass is 448 g/mol. The van der Waals surface area contributed by atoms with E-state index < -0.39 is 24.3 Å². The van der Waals surface area contributed by atoms with Crippen molar-refractivity contribution in [1.82, 2.24) is 5.32 Å². The summed E-state index contributed by atoms with van der Waals surface area (Å²) in [6, 6.07) is 16.0. The molecule has 0 bridgehead atoms. The van der Waals surface area contributed by atoms with E-state index in [1.165, 1.54) is 18.2 Å². The number of fused-ring (bicyclic) bond motifs is 2. The molecule has 8 heteroatoms. The first-order chi connectivity index (χ1) is 15.4. The van der Waals surface area contributed by atoms with Gasteiger partial charge in [0, 0.05) is 28.3 Å². The predicted molar refractivity (Wildman–Crippen MR) is 118 cm³/mol. The number of benzene rings is 3. The van der Waals surface area contributed by atoms with Crippen molar-refractivity contribution >= 4 is 40.7 Å². The number of halogens is 1. The van der Waals surface area contributed by atoms with Crippen LogP contribution in [0, 0.1) is 0 Å². The molecule has 3 aromatic carbocycles. The molecule has 0 radical (unpaired) electrons. The molecule has 0 aromatic heterocycles. The molecule has 4 rings (SSSR count). The van der Waals surface area contributed by atoms with Crippen LogP contribution in [0.3, 0.4) is 0 Å². The third-order valence-electron chi connectivity index (χ3n) is 5.09. The largest absolute Gasteiger partial charge is 0.452 e. The van der Waals surface area contributed by atoms with E-state index in [1.54, 1.807) is 42.5 Å². The third kappa shape index (κ3) is 3.98. The highest BCUT2D eigenvalue weighted by Gasteiger charge is 2.33. The number of nitrogens with two attached hydrogens (primary N) is 1. The average molecular weight is 449 g/mol. The van der Waals surface area contributed by atoms with E-state index in [0.29, 0.717) is 5.02 Å². The molecule has 32 heavy (non-hydrogen) atoms. The molecule has 0 spiro atoms. The number of rotatable bonds is 5. The van der Waals surface area contributed by atoms with Gasteiger partial charge in [0.05, 0.1) is 16.8 Å². The van der Waals surface area contributed by atoms with E-state index >= 15 is 0 Å². The van der Waals surface area contributed by atoms with E-state index in [0.717, 1.165) is 5.56 Å². The van der Waals surface area contributed by atoms with Crippen LogP contribution in [0.4, 0.5) is 5.69 Å². The van der Waals surface area contributed by atoms with Gasteiger partial charge in [-0.15, -0.1) is 0 Å². The van der Waals surface area contributed by atoms with Gasteiger partial charge in [-0.1, -0.05) is 48.0 Å². The summed E-state index contributed by atoms with van der Waals surface area (Å²) in [5.74, 6) is -2.16. The normalized spacial score (nSPS) is 12.0. The van der Waals surface area contributed by atoms with Crippen molar-refractivity contribution in [3.8, 4) is 0 Å². The first-order valence-corrected chi connectivity index (χ1v) is 10.0. The Morgan fingerprint density at radius 3 is 2.22 bits per heavy atom. The van der Waals surface area contributed by atoms with Gasteiger partial charge in [0.2, 0.25) is 0 Å². The number of hydrogen-bond donors (Lipinski definition) is 2. The highest BCUT2D eigenvalue weighted by molar-refractivity contribution is 6.31. The Bertz CT molecular complexity index is 1270. The summed E-state index contributed by atoms with van der Waals surface area (Å²) in [5.41, 5.74) is 7.28. The second-order valence-electron chi connectivity index (χ2n) is 7.13. The molecule has 0 saturated carbocycles. The van der Waals surface area contributed by atoms with E-state index in [2.05, 4.69) is 5.32 Å². The fraction of sp³-hybridized carbons (Fsp3) is 0.0833. The highest BCUT2D eigenvalue weighted by atomic mass is 35.5. The zero-order valence-electron chi connectivity index (χ0n) is 16.7. The molecule has 0 heterocycles. The Kier molecular flexibility index (Phi) is 5.75. The van der Waals surface area contributed by atoms with E-state index in [4.69, 9.17) is 22.1 Å². The molecular formula is C24H17ClN2O5. The molecule has 3 aromatic rings. The number of hydrogen-bond acceptors (Lipinski definition) is 6. The molecule has 0 aliphatic heterocycles. The minimum absolute atomic E-state index is 0.0321. The van der Waals surface area contributed by atoms with Crippen LogP contribution >= 0.6 is 11.6 Å². The van der Waals surface area contributed by atoms with E-state index in [9.17, 15) is 19.2 Å². The predicted octanol–water partition coefficient (Wildman–Crippen LogP) is 3.17. The lowest BCUT2D eigenvalue weighted by molar-refractivity contribution is -0.124. The number of nitrogens with one attached hydrogen (secondary N) is 1. The third-order valence-corrected chi connectivity index (χ3v) is 5.34. The van der Waals surface area contributed by atoms with Crippen LogP contribution < -0.4 is 11.1 Å². The van der Waals surface area contributed by atoms with Crippen molar-refractivity contribution in [2.75, 3.05) is 12.3 Å². The van der Waals surface area contributed by atoms with Gasteiger partial charge in [-0.2, -0.15) is 0 Å². The zero-order valence-corrected chi connectivity index (χ0v) is 17.4. The molecular weight excluding hydrogens is 432 g/mol. The number of esters is 1. The number of carbonyl (C=O) groups excluding carboxylic acids is 4. The topological polar surface area (TPSA) is 116 Å². The first kappa shape index (κ1) is 21.3. The SMILES string of the molecule is Nc1c(C(=O)OCC(=O)NCc2ccc(Cl)cc2)ccc2c1C(=O)c1ccccc1C2=O. The maximum absolute atomic E-state index is 12.9. The lowest BCUT2D eigenvalue weighted by Gasteiger charge is -2.20. The summed E-state index contributed by atoms with van der Waals surface area (Å²) in [6.45, 7) is -0.288. The van der Waals surface area contributed by atoms with Crippen LogP contribution in [0.5, 0.6) is 0 Å². The van der Waals surface area contributed by atoms with Crippen molar-refractivity contribution in [2.24, 2.45) is 0 Å². The van der Waals surface area contributed by atoms with Gasteiger partial charge in [-0.05, 0) is 29.8 Å². The Labute approximate surface area is 188 Å². The van der Waals surface area contributed by atoms with Gasteiger partial charge >= 0.3 is 5.97 Å². The van der Waals surface area contributed by atoms with Gasteiger partial charge in [0.1, 0.15) is 0 Å². The van der Waals surface area contributed by atoms with Gasteiger partial charge < -0.3 is 15.8 Å². The summed E-state index contributed by atoms with van der Waals surface area (Å²) in [5, 5.41) is 3.21. The lowest BCUT2D eigenvalue weighted by Crippen LogP contribution is -2.29. The molecule has 3 N–H and O–H groups in total. The molecule has 0 atom stereocenters. The summed E-state index contributed by atoms with van der Waals surface area (Å²) < 4.78 is 5.05. The number of amides is 1. The van der Waals surface area contributed by atoms with Gasteiger partial charge in [-0.25, -0.2) is 4.79 Å². The van der Waals surface area contributed by atoms with E-state index in [-0.39, 0.29) is 45.8 Å². The standard InChI is InChI=1S/C24H17ClN2O5/c25-14-7-5-13(6-8-14)11-27-19(28)12-32-24(31)18-10-9-17-20(21(18)26)23(30)16-4-2-1-3-15(16)22(17)29/h1-10H,11-12,26H2,(H,27,28). The molecule has 0 unspecified atom stereocenters. The fourth-order valence-corrected chi connectivity index (χ4v) is 3.58. The number of nitrogen functional groups attached to an aromatic ring is 1. The fourth-order valence-electron chi connectivity index (χ4n) is 3.45. The Morgan fingerprint density at radius 2 is 1.53 bits per heavy atom. The second kappa shape index (κ2) is 8.64. The molecule has 0 fully saturated rings. The molecule has 160 valence electrons. The first-order valence-electron chi connectivity index (χ1n) is 9.66. The molecule has 7 nitrogen and oxygen atoms in total. The molecule has 1 aliphatic carbocycles. The minimum Gasteiger partial charge on any atom is -0.452 e. The Balaban J connectivity index is 1.46. The second-order valence-corrected chi connectivity index (χ2v) is 7.57. The number of carbonyl (C=O) groups is 4. The van der Waals surface area contributed by atoms with Gasteiger partial charge in [-0.3, -0.25) is 14.4 Å². The number of ketones is 2. The lowest BCUT2D eigenvalue weighted by atomic mass is 9.82. The summed E-state index contributed by atoms with van der Waals surface area (Å²) in [4.78, 5) is 50.2. The van der Waals surface area contributed by atoms with Crippen LogP contribution in [-0.2, 0) is 16.1 Å². The summed E-state index contributed by atoms with van der Waals surface area (Å²) >= 11 is 5.82. The van der Waals surface area contributed by atoms with Crippen LogP contribution in [0.1, 0.15) is 47.8 Å². The van der Waals surface area contributed by atoms with Crippen molar-refractivity contribution in [3.63, 3.8) is 0 Å². The van der Waals surface area contributed by atoms with Crippen LogP contribution in [0.15, 0.2) is 60.7 Å². The van der Waals surface area contributed by atoms with Crippen LogP contribution in [0.25, 0.3) is 0 Å². The Morgan fingerprint density at radius 1 is 0.875 bits per heavy atom. The number of ether oxygens (including phenoxy) is 1. The summed E-state index contributed by atoms with van der Waals surface area (Å²) in [7, 11) is 0. The molecule has 1 amide bonds. The molecule has 1 aliphatic rings. The van der Waals surface area contributed by atoms with Crippen molar-refractivity contribution in [3.05, 3.63) is 99.1 Å². The zero-order chi connectivity index (χ0) is 22.8. The van der Waals surface area contributed by atoms with E-state index in [1.807, 2.05) is 0 Å². The molecule has 0 saturated heterocycles. The highest BCUT2D eigenvalue weighted by Crippen LogP contribution is 2.32. The van der Waals surface area contributed by atoms with Crippen molar-refractivity contribution < 1.29 is 23.9 Å². The average Bonchev–Trinajstić information content (AvgIpc) is 2.80. The van der Waals surface area contributed by atoms with Crippen LogP contribution in [0.2, 0.25) is 5.02 Å². The van der Waals surface area contributed by atoms with Crippen molar-refractivity contribution in [1.29, 1.82) is 0 Å². The maximum atomic E-state index is 12.9.